The van der Waals surface area contributed by atoms with Gasteiger partial charge in [-0.1, -0.05) is 24.6 Å². The summed E-state index contributed by atoms with van der Waals surface area (Å²) in [6.07, 6.45) is 2.99. The Morgan fingerprint density at radius 3 is 2.85 bits per heavy atom. The van der Waals surface area contributed by atoms with E-state index >= 15 is 0 Å². The molecule has 0 aliphatic rings. The van der Waals surface area contributed by atoms with Gasteiger partial charge in [0.2, 0.25) is 0 Å². The van der Waals surface area contributed by atoms with Crippen LogP contribution in [0.3, 0.4) is 0 Å². The Morgan fingerprint density at radius 2 is 2.25 bits per heavy atom. The van der Waals surface area contributed by atoms with Gasteiger partial charge in [0.15, 0.2) is 0 Å². The quantitative estimate of drug-likeness (QED) is 0.891. The van der Waals surface area contributed by atoms with Crippen LogP contribution in [0, 0.1) is 5.82 Å². The lowest BCUT2D eigenvalue weighted by Crippen LogP contribution is -2.26. The van der Waals surface area contributed by atoms with Crippen LogP contribution in [0.4, 0.5) is 4.39 Å². The summed E-state index contributed by atoms with van der Waals surface area (Å²) < 4.78 is 15.8. The topological polar surface area (TPSA) is 42.7 Å². The summed E-state index contributed by atoms with van der Waals surface area (Å²) in [7, 11) is 1.82. The van der Waals surface area contributed by atoms with Gasteiger partial charge in [-0.2, -0.15) is 5.10 Å². The molecule has 20 heavy (non-hydrogen) atoms. The first-order valence-corrected chi connectivity index (χ1v) is 7.01. The van der Waals surface area contributed by atoms with Crippen LogP contribution in [0.15, 0.2) is 24.5 Å². The zero-order chi connectivity index (χ0) is 14.5. The maximum absolute atomic E-state index is 14.1. The third kappa shape index (κ3) is 3.35. The van der Waals surface area contributed by atoms with Gasteiger partial charge in [0, 0.05) is 30.1 Å². The average Bonchev–Trinajstić information content (AvgIpc) is 2.81. The van der Waals surface area contributed by atoms with Crippen LogP contribution in [0.1, 0.15) is 30.8 Å². The third-order valence-electron chi connectivity index (χ3n) is 3.18. The van der Waals surface area contributed by atoms with Crippen LogP contribution in [0.2, 0.25) is 5.02 Å². The number of nitrogens with one attached hydrogen (secondary N) is 1. The Labute approximate surface area is 123 Å². The number of halogens is 2. The molecule has 0 amide bonds. The number of nitrogens with zero attached hydrogens (tertiary/aromatic N) is 3. The Balaban J connectivity index is 2.30. The molecule has 0 aliphatic heterocycles. The summed E-state index contributed by atoms with van der Waals surface area (Å²) in [5, 5.41) is 7.80. The number of aromatic nitrogens is 3. The molecule has 1 unspecified atom stereocenters. The fraction of sp³-hybridized carbons (Fsp3) is 0.429. The van der Waals surface area contributed by atoms with E-state index in [4.69, 9.17) is 11.6 Å². The minimum Gasteiger partial charge on any atom is -0.309 e. The van der Waals surface area contributed by atoms with Gasteiger partial charge in [0.1, 0.15) is 18.0 Å². The van der Waals surface area contributed by atoms with Crippen molar-refractivity contribution in [2.75, 3.05) is 6.54 Å². The zero-order valence-corrected chi connectivity index (χ0v) is 12.4. The lowest BCUT2D eigenvalue weighted by molar-refractivity contribution is 0.481. The maximum atomic E-state index is 14.1. The largest absolute Gasteiger partial charge is 0.309 e. The SMILES string of the molecule is CCCNC(Cc1ncnn1C)c1c(F)cccc1Cl. The molecule has 0 saturated heterocycles. The van der Waals surface area contributed by atoms with Gasteiger partial charge in [-0.25, -0.2) is 9.37 Å². The van der Waals surface area contributed by atoms with Crippen molar-refractivity contribution in [2.24, 2.45) is 7.05 Å². The molecule has 0 aliphatic carbocycles. The molecule has 1 heterocycles. The van der Waals surface area contributed by atoms with E-state index in [1.165, 1.54) is 12.4 Å². The first-order valence-electron chi connectivity index (χ1n) is 6.63. The van der Waals surface area contributed by atoms with E-state index in [1.54, 1.807) is 16.8 Å². The Bertz CT molecular complexity index is 550. The first kappa shape index (κ1) is 14.9. The van der Waals surface area contributed by atoms with Crippen LogP contribution in [0.5, 0.6) is 0 Å². The number of aryl methyl sites for hydroxylation is 1. The van der Waals surface area contributed by atoms with Crippen molar-refractivity contribution < 1.29 is 4.39 Å². The van der Waals surface area contributed by atoms with Crippen molar-refractivity contribution >= 4 is 11.6 Å². The van der Waals surface area contributed by atoms with Crippen molar-refractivity contribution in [3.05, 3.63) is 46.8 Å². The highest BCUT2D eigenvalue weighted by Crippen LogP contribution is 2.28. The van der Waals surface area contributed by atoms with Crippen molar-refractivity contribution in [2.45, 2.75) is 25.8 Å². The second-order valence-electron chi connectivity index (χ2n) is 4.65. The zero-order valence-electron chi connectivity index (χ0n) is 11.6. The van der Waals surface area contributed by atoms with Gasteiger partial charge in [0.05, 0.1) is 0 Å². The van der Waals surface area contributed by atoms with Crippen molar-refractivity contribution in [1.82, 2.24) is 20.1 Å². The summed E-state index contributed by atoms with van der Waals surface area (Å²) in [5.41, 5.74) is 0.491. The second-order valence-corrected chi connectivity index (χ2v) is 5.05. The molecule has 4 nitrogen and oxygen atoms in total. The van der Waals surface area contributed by atoms with Gasteiger partial charge in [-0.3, -0.25) is 4.68 Å². The molecule has 0 saturated carbocycles. The van der Waals surface area contributed by atoms with Gasteiger partial charge in [-0.05, 0) is 25.1 Å². The molecule has 1 N–H and O–H groups in total. The normalized spacial score (nSPS) is 12.6. The molecule has 2 aromatic rings. The number of rotatable bonds is 6. The molecule has 0 radical (unpaired) electrons. The Hall–Kier alpha value is -1.46. The van der Waals surface area contributed by atoms with E-state index in [0.29, 0.717) is 17.0 Å². The average molecular weight is 297 g/mol. The molecule has 1 atom stereocenters. The highest BCUT2D eigenvalue weighted by Gasteiger charge is 2.20. The highest BCUT2D eigenvalue weighted by molar-refractivity contribution is 6.31. The smallest absolute Gasteiger partial charge is 0.138 e. The van der Waals surface area contributed by atoms with Gasteiger partial charge in [0.25, 0.3) is 0 Å². The molecule has 2 rings (SSSR count). The summed E-state index contributed by atoms with van der Waals surface area (Å²) in [6, 6.07) is 4.53. The highest BCUT2D eigenvalue weighted by atomic mass is 35.5. The van der Waals surface area contributed by atoms with E-state index in [-0.39, 0.29) is 11.9 Å². The van der Waals surface area contributed by atoms with E-state index in [0.717, 1.165) is 18.8 Å². The van der Waals surface area contributed by atoms with E-state index < -0.39 is 0 Å². The second kappa shape index (κ2) is 6.81. The molecule has 108 valence electrons. The molecular weight excluding hydrogens is 279 g/mol. The Kier molecular flexibility index (Phi) is 5.09. The predicted octanol–water partition coefficient (Wildman–Crippen LogP) is 2.89. The monoisotopic (exact) mass is 296 g/mol. The molecule has 6 heteroatoms. The molecular formula is C14H18ClFN4. The fourth-order valence-corrected chi connectivity index (χ4v) is 2.42. The minimum atomic E-state index is -0.298. The van der Waals surface area contributed by atoms with E-state index in [1.807, 2.05) is 7.05 Å². The molecule has 1 aromatic carbocycles. The Morgan fingerprint density at radius 1 is 1.45 bits per heavy atom. The number of hydrogen-bond acceptors (Lipinski definition) is 3. The maximum Gasteiger partial charge on any atom is 0.138 e. The van der Waals surface area contributed by atoms with Gasteiger partial charge < -0.3 is 5.32 Å². The van der Waals surface area contributed by atoms with E-state index in [2.05, 4.69) is 22.3 Å². The molecule has 0 spiro atoms. The summed E-state index contributed by atoms with van der Waals surface area (Å²) >= 11 is 6.16. The minimum absolute atomic E-state index is 0.216. The van der Waals surface area contributed by atoms with Crippen LogP contribution >= 0.6 is 11.6 Å². The third-order valence-corrected chi connectivity index (χ3v) is 3.51. The summed E-state index contributed by atoms with van der Waals surface area (Å²) in [6.45, 7) is 2.85. The fourth-order valence-electron chi connectivity index (χ4n) is 2.13. The summed E-state index contributed by atoms with van der Waals surface area (Å²) in [4.78, 5) is 4.19. The van der Waals surface area contributed by atoms with Crippen molar-refractivity contribution in [3.63, 3.8) is 0 Å². The van der Waals surface area contributed by atoms with Crippen LogP contribution < -0.4 is 5.32 Å². The molecule has 0 fully saturated rings. The standard InChI is InChI=1S/C14H18ClFN4/c1-3-7-17-12(8-13-18-9-19-20(13)2)14-10(15)5-4-6-11(14)16/h4-6,9,12,17H,3,7-8H2,1-2H3. The van der Waals surface area contributed by atoms with Crippen molar-refractivity contribution in [3.8, 4) is 0 Å². The van der Waals surface area contributed by atoms with Crippen molar-refractivity contribution in [1.29, 1.82) is 0 Å². The van der Waals surface area contributed by atoms with Gasteiger partial charge >= 0.3 is 0 Å². The van der Waals surface area contributed by atoms with Crippen LogP contribution in [-0.2, 0) is 13.5 Å². The number of benzene rings is 1. The predicted molar refractivity (Wildman–Crippen MR) is 77.2 cm³/mol. The lowest BCUT2D eigenvalue weighted by atomic mass is 10.0. The number of hydrogen-bond donors (Lipinski definition) is 1. The van der Waals surface area contributed by atoms with Crippen LogP contribution in [-0.4, -0.2) is 21.3 Å². The van der Waals surface area contributed by atoms with Crippen LogP contribution in [0.25, 0.3) is 0 Å². The van der Waals surface area contributed by atoms with E-state index in [9.17, 15) is 4.39 Å². The molecule has 0 bridgehead atoms. The van der Waals surface area contributed by atoms with Gasteiger partial charge in [-0.15, -0.1) is 0 Å². The first-order chi connectivity index (χ1) is 9.63. The summed E-state index contributed by atoms with van der Waals surface area (Å²) in [5.74, 6) is 0.492. The molecule has 1 aromatic heterocycles. The lowest BCUT2D eigenvalue weighted by Gasteiger charge is -2.20.